The normalized spacial score (nSPS) is 17.4. The second-order valence-electron chi connectivity index (χ2n) is 8.64. The number of anilines is 2. The molecule has 2 heterocycles. The Morgan fingerprint density at radius 3 is 2.36 bits per heavy atom. The van der Waals surface area contributed by atoms with Gasteiger partial charge in [0.15, 0.2) is 0 Å². The van der Waals surface area contributed by atoms with Gasteiger partial charge in [-0.15, -0.1) is 0 Å². The van der Waals surface area contributed by atoms with Gasteiger partial charge < -0.3 is 14.8 Å². The van der Waals surface area contributed by atoms with E-state index < -0.39 is 5.66 Å². The number of likely N-dealkylation sites (tertiary alicyclic amines) is 1. The van der Waals surface area contributed by atoms with Crippen LogP contribution in [0, 0.1) is 0 Å². The van der Waals surface area contributed by atoms with Crippen LogP contribution in [0.3, 0.4) is 0 Å². The zero-order valence-electron chi connectivity index (χ0n) is 19.1. The van der Waals surface area contributed by atoms with E-state index in [9.17, 15) is 4.79 Å². The average Bonchev–Trinajstić information content (AvgIpc) is 2.86. The molecule has 6 nitrogen and oxygen atoms in total. The molecule has 5 rings (SSSR count). The van der Waals surface area contributed by atoms with Gasteiger partial charge in [0, 0.05) is 44.2 Å². The van der Waals surface area contributed by atoms with Crippen molar-refractivity contribution < 1.29 is 14.3 Å². The predicted octanol–water partition coefficient (Wildman–Crippen LogP) is 4.77. The minimum Gasteiger partial charge on any atom is -0.497 e. The molecule has 170 valence electrons. The minimum atomic E-state index is -0.527. The summed E-state index contributed by atoms with van der Waals surface area (Å²) < 4.78 is 11.1. The molecule has 0 bridgehead atoms. The predicted molar refractivity (Wildman–Crippen MR) is 130 cm³/mol. The number of fused-ring (bicyclic) bond motifs is 1. The van der Waals surface area contributed by atoms with Gasteiger partial charge in [-0.2, -0.15) is 0 Å². The molecule has 2 aliphatic rings. The van der Waals surface area contributed by atoms with Crippen molar-refractivity contribution in [1.82, 2.24) is 4.90 Å². The average molecular weight is 444 g/mol. The Kier molecular flexibility index (Phi) is 5.68. The molecule has 0 unspecified atom stereocenters. The molecule has 6 heteroatoms. The molecule has 1 saturated heterocycles. The highest BCUT2D eigenvalue weighted by molar-refractivity contribution is 6.13. The lowest BCUT2D eigenvalue weighted by Gasteiger charge is -2.52. The maximum atomic E-state index is 13.9. The Morgan fingerprint density at radius 1 is 0.909 bits per heavy atom. The fourth-order valence-electron chi connectivity index (χ4n) is 4.98. The summed E-state index contributed by atoms with van der Waals surface area (Å²) in [5.41, 5.74) is 3.10. The molecular weight excluding hydrogens is 414 g/mol. The first-order valence-corrected chi connectivity index (χ1v) is 11.3. The molecule has 3 aromatic rings. The third-order valence-electron chi connectivity index (χ3n) is 6.72. The van der Waals surface area contributed by atoms with E-state index in [0.29, 0.717) is 17.1 Å². The summed E-state index contributed by atoms with van der Waals surface area (Å²) in [7, 11) is 3.26. The molecule has 0 aliphatic carbocycles. The van der Waals surface area contributed by atoms with E-state index in [1.165, 1.54) is 5.56 Å². The van der Waals surface area contributed by atoms with Crippen molar-refractivity contribution in [2.75, 3.05) is 37.5 Å². The molecule has 1 spiro atoms. The molecule has 2 aliphatic heterocycles. The molecular formula is C27H29N3O3. The van der Waals surface area contributed by atoms with Crippen LogP contribution in [-0.2, 0) is 6.54 Å². The van der Waals surface area contributed by atoms with E-state index in [1.807, 2.05) is 53.4 Å². The lowest BCUT2D eigenvalue weighted by Crippen LogP contribution is -2.64. The van der Waals surface area contributed by atoms with Crippen LogP contribution < -0.4 is 19.7 Å². The summed E-state index contributed by atoms with van der Waals surface area (Å²) in [5.74, 6) is 1.31. The van der Waals surface area contributed by atoms with Crippen LogP contribution in [0.5, 0.6) is 11.5 Å². The van der Waals surface area contributed by atoms with Crippen molar-refractivity contribution in [2.24, 2.45) is 0 Å². The molecule has 0 radical (unpaired) electrons. The second kappa shape index (κ2) is 8.79. The van der Waals surface area contributed by atoms with Gasteiger partial charge in [-0.05, 0) is 29.8 Å². The highest BCUT2D eigenvalue weighted by atomic mass is 16.5. The summed E-state index contributed by atoms with van der Waals surface area (Å²) >= 11 is 0. The lowest BCUT2D eigenvalue weighted by molar-refractivity contribution is 0.0902. The number of hydrogen-bond donors (Lipinski definition) is 1. The number of carbonyl (C=O) groups excluding carboxylic acids is 1. The Bertz CT molecular complexity index is 1140. The van der Waals surface area contributed by atoms with Crippen molar-refractivity contribution in [3.8, 4) is 11.5 Å². The van der Waals surface area contributed by atoms with Gasteiger partial charge >= 0.3 is 0 Å². The number of para-hydroxylation sites is 1. The number of benzene rings is 3. The zero-order chi connectivity index (χ0) is 22.8. The number of nitrogens with one attached hydrogen (secondary N) is 1. The van der Waals surface area contributed by atoms with Crippen LogP contribution in [0.15, 0.2) is 72.8 Å². The topological polar surface area (TPSA) is 54.0 Å². The molecule has 1 fully saturated rings. The number of hydrogen-bond acceptors (Lipinski definition) is 5. The molecule has 0 aromatic heterocycles. The van der Waals surface area contributed by atoms with E-state index in [1.54, 1.807) is 14.2 Å². The number of ether oxygens (including phenoxy) is 2. The molecule has 1 N–H and O–H groups in total. The maximum absolute atomic E-state index is 13.9. The van der Waals surface area contributed by atoms with Gasteiger partial charge in [0.25, 0.3) is 5.91 Å². The number of nitrogens with zero attached hydrogens (tertiary/aromatic N) is 2. The van der Waals surface area contributed by atoms with E-state index >= 15 is 0 Å². The summed E-state index contributed by atoms with van der Waals surface area (Å²) in [5, 5.41) is 3.75. The maximum Gasteiger partial charge on any atom is 0.262 e. The van der Waals surface area contributed by atoms with E-state index in [4.69, 9.17) is 9.47 Å². The van der Waals surface area contributed by atoms with Crippen molar-refractivity contribution in [2.45, 2.75) is 25.0 Å². The van der Waals surface area contributed by atoms with Crippen molar-refractivity contribution >= 4 is 17.3 Å². The number of amides is 1. The molecule has 33 heavy (non-hydrogen) atoms. The lowest BCUT2D eigenvalue weighted by atomic mass is 9.89. The molecule has 0 atom stereocenters. The Hall–Kier alpha value is -3.51. The third kappa shape index (κ3) is 3.91. The first-order valence-electron chi connectivity index (χ1n) is 11.3. The monoisotopic (exact) mass is 443 g/mol. The van der Waals surface area contributed by atoms with Crippen molar-refractivity contribution in [3.63, 3.8) is 0 Å². The quantitative estimate of drug-likeness (QED) is 0.616. The first kappa shape index (κ1) is 21.3. The third-order valence-corrected chi connectivity index (χ3v) is 6.72. The van der Waals surface area contributed by atoms with E-state index in [-0.39, 0.29) is 5.91 Å². The highest BCUT2D eigenvalue weighted by Gasteiger charge is 2.48. The van der Waals surface area contributed by atoms with E-state index in [0.717, 1.165) is 43.9 Å². The Labute approximate surface area is 194 Å². The standard InChI is InChI=1S/C27H29N3O3/c1-32-21-12-13-24(25(18-21)33-2)30-26(31)22-10-6-7-11-23(22)28-27(30)14-16-29(17-15-27)19-20-8-4-3-5-9-20/h3-13,18,28H,14-17,19H2,1-2H3. The minimum absolute atomic E-state index is 0.00988. The fourth-order valence-corrected chi connectivity index (χ4v) is 4.98. The largest absolute Gasteiger partial charge is 0.497 e. The summed E-state index contributed by atoms with van der Waals surface area (Å²) in [6.45, 7) is 2.67. The number of methoxy groups -OCH3 is 2. The van der Waals surface area contributed by atoms with Crippen LogP contribution >= 0.6 is 0 Å². The van der Waals surface area contributed by atoms with E-state index in [2.05, 4.69) is 34.5 Å². The number of piperidine rings is 1. The molecule has 3 aromatic carbocycles. The SMILES string of the molecule is COc1ccc(N2C(=O)c3ccccc3NC23CCN(Cc2ccccc2)CC3)c(OC)c1. The van der Waals surface area contributed by atoms with Crippen LogP contribution in [0.2, 0.25) is 0 Å². The Morgan fingerprint density at radius 2 is 1.64 bits per heavy atom. The van der Waals surface area contributed by atoms with Gasteiger partial charge in [-0.1, -0.05) is 42.5 Å². The Balaban J connectivity index is 1.50. The molecule has 0 saturated carbocycles. The van der Waals surface area contributed by atoms with Gasteiger partial charge in [0.05, 0.1) is 25.5 Å². The number of carbonyl (C=O) groups is 1. The van der Waals surface area contributed by atoms with Crippen LogP contribution in [0.4, 0.5) is 11.4 Å². The summed E-state index contributed by atoms with van der Waals surface area (Å²) in [6.07, 6.45) is 1.60. The smallest absolute Gasteiger partial charge is 0.262 e. The summed E-state index contributed by atoms with van der Waals surface area (Å²) in [4.78, 5) is 18.2. The highest BCUT2D eigenvalue weighted by Crippen LogP contribution is 2.44. The van der Waals surface area contributed by atoms with Crippen molar-refractivity contribution in [3.05, 3.63) is 83.9 Å². The van der Waals surface area contributed by atoms with Gasteiger partial charge in [0.2, 0.25) is 0 Å². The zero-order valence-corrected chi connectivity index (χ0v) is 19.1. The van der Waals surface area contributed by atoms with Gasteiger partial charge in [-0.25, -0.2) is 0 Å². The summed E-state index contributed by atoms with van der Waals surface area (Å²) in [6, 6.07) is 23.9. The molecule has 1 amide bonds. The fraction of sp³-hybridized carbons (Fsp3) is 0.296. The second-order valence-corrected chi connectivity index (χ2v) is 8.64. The first-order chi connectivity index (χ1) is 16.1. The van der Waals surface area contributed by atoms with Crippen molar-refractivity contribution in [1.29, 1.82) is 0 Å². The van der Waals surface area contributed by atoms with Crippen LogP contribution in [0.1, 0.15) is 28.8 Å². The van der Waals surface area contributed by atoms with Gasteiger partial charge in [-0.3, -0.25) is 14.6 Å². The number of rotatable bonds is 5. The van der Waals surface area contributed by atoms with Crippen LogP contribution in [0.25, 0.3) is 0 Å². The van der Waals surface area contributed by atoms with Crippen LogP contribution in [-0.4, -0.2) is 43.8 Å². The van der Waals surface area contributed by atoms with Gasteiger partial charge in [0.1, 0.15) is 17.2 Å².